The van der Waals surface area contributed by atoms with Gasteiger partial charge >= 0.3 is 0 Å². The Kier molecular flexibility index (Phi) is 4.31. The van der Waals surface area contributed by atoms with E-state index in [0.29, 0.717) is 12.6 Å². The minimum absolute atomic E-state index is 0.112. The molecule has 6 heteroatoms. The maximum absolute atomic E-state index is 11.8. The van der Waals surface area contributed by atoms with Gasteiger partial charge in [-0.3, -0.25) is 4.98 Å². The molecule has 5 nitrogen and oxygen atoms in total. The van der Waals surface area contributed by atoms with Gasteiger partial charge in [-0.25, -0.2) is 13.1 Å². The molecule has 1 aromatic heterocycles. The normalized spacial score (nSPS) is 17.6. The molecule has 0 spiro atoms. The summed E-state index contributed by atoms with van der Waals surface area (Å²) in [5, 5.41) is 3.19. The van der Waals surface area contributed by atoms with Gasteiger partial charge in [0, 0.05) is 18.8 Å². The first-order chi connectivity index (χ1) is 8.57. The minimum Gasteiger partial charge on any atom is -0.313 e. The maximum atomic E-state index is 11.8. The smallest absolute Gasteiger partial charge is 0.213 e. The topological polar surface area (TPSA) is 71.1 Å². The van der Waals surface area contributed by atoms with Crippen LogP contribution in [0.1, 0.15) is 31.5 Å². The Bertz CT molecular complexity index is 471. The number of aromatic nitrogens is 1. The van der Waals surface area contributed by atoms with Crippen molar-refractivity contribution in [3.8, 4) is 0 Å². The Morgan fingerprint density at radius 1 is 1.44 bits per heavy atom. The molecule has 1 aromatic rings. The van der Waals surface area contributed by atoms with E-state index < -0.39 is 10.0 Å². The molecule has 2 N–H and O–H groups in total. The third-order valence-electron chi connectivity index (χ3n) is 2.87. The van der Waals surface area contributed by atoms with Crippen LogP contribution in [0.4, 0.5) is 0 Å². The number of pyridine rings is 1. The molecule has 0 amide bonds. The number of sulfonamides is 1. The molecule has 1 heterocycles. The third-order valence-corrected chi connectivity index (χ3v) is 4.32. The Hall–Kier alpha value is -0.980. The second-order valence-electron chi connectivity index (χ2n) is 4.64. The molecule has 1 unspecified atom stereocenters. The van der Waals surface area contributed by atoms with Crippen LogP contribution in [0, 0.1) is 0 Å². The molecule has 0 aromatic carbocycles. The van der Waals surface area contributed by atoms with E-state index in [1.165, 1.54) is 0 Å². The van der Waals surface area contributed by atoms with E-state index in [9.17, 15) is 8.42 Å². The molecule has 18 heavy (non-hydrogen) atoms. The summed E-state index contributed by atoms with van der Waals surface area (Å²) >= 11 is 0. The highest BCUT2D eigenvalue weighted by Gasteiger charge is 2.22. The lowest BCUT2D eigenvalue weighted by molar-refractivity contribution is 0.559. The SMILES string of the molecule is CC(NS(=O)(=O)CCNC1CC1)c1ccccn1. The summed E-state index contributed by atoms with van der Waals surface area (Å²) in [6, 6.07) is 5.72. The standard InChI is InChI=1S/C12H19N3O2S/c1-10(12-4-2-3-7-14-12)15-18(16,17)9-8-13-11-5-6-11/h2-4,7,10-11,13,15H,5-6,8-9H2,1H3. The van der Waals surface area contributed by atoms with E-state index >= 15 is 0 Å². The summed E-state index contributed by atoms with van der Waals surface area (Å²) in [4.78, 5) is 4.14. The van der Waals surface area contributed by atoms with Crippen molar-refractivity contribution in [1.82, 2.24) is 15.0 Å². The van der Waals surface area contributed by atoms with E-state index in [1.54, 1.807) is 13.1 Å². The van der Waals surface area contributed by atoms with Gasteiger partial charge in [0.2, 0.25) is 10.0 Å². The molecule has 0 radical (unpaired) electrons. The molecule has 0 bridgehead atoms. The molecule has 1 saturated carbocycles. The van der Waals surface area contributed by atoms with Crippen molar-refractivity contribution in [3.05, 3.63) is 30.1 Å². The Morgan fingerprint density at radius 2 is 2.22 bits per heavy atom. The monoisotopic (exact) mass is 269 g/mol. The van der Waals surface area contributed by atoms with E-state index in [1.807, 2.05) is 18.2 Å². The van der Waals surface area contributed by atoms with Gasteiger partial charge in [0.25, 0.3) is 0 Å². The van der Waals surface area contributed by atoms with Crippen LogP contribution in [0.15, 0.2) is 24.4 Å². The zero-order valence-electron chi connectivity index (χ0n) is 10.5. The third kappa shape index (κ3) is 4.36. The first-order valence-corrected chi connectivity index (χ1v) is 7.86. The average molecular weight is 269 g/mol. The highest BCUT2D eigenvalue weighted by molar-refractivity contribution is 7.89. The quantitative estimate of drug-likeness (QED) is 0.768. The van der Waals surface area contributed by atoms with Crippen LogP contribution >= 0.6 is 0 Å². The van der Waals surface area contributed by atoms with Crippen molar-refractivity contribution in [3.63, 3.8) is 0 Å². The zero-order chi connectivity index (χ0) is 13.0. The maximum Gasteiger partial charge on any atom is 0.213 e. The van der Waals surface area contributed by atoms with Crippen LogP contribution in [-0.4, -0.2) is 31.7 Å². The van der Waals surface area contributed by atoms with Gasteiger partial charge in [0.15, 0.2) is 0 Å². The van der Waals surface area contributed by atoms with Crippen LogP contribution in [0.3, 0.4) is 0 Å². The van der Waals surface area contributed by atoms with Gasteiger partial charge in [0.1, 0.15) is 0 Å². The first-order valence-electron chi connectivity index (χ1n) is 6.21. The highest BCUT2D eigenvalue weighted by Crippen LogP contribution is 2.18. The fraction of sp³-hybridized carbons (Fsp3) is 0.583. The number of hydrogen-bond donors (Lipinski definition) is 2. The summed E-state index contributed by atoms with van der Waals surface area (Å²) in [6.45, 7) is 2.31. The van der Waals surface area contributed by atoms with Crippen molar-refractivity contribution >= 4 is 10.0 Å². The van der Waals surface area contributed by atoms with E-state index in [4.69, 9.17) is 0 Å². The second-order valence-corrected chi connectivity index (χ2v) is 6.51. The summed E-state index contributed by atoms with van der Waals surface area (Å²) < 4.78 is 26.3. The molecule has 0 saturated heterocycles. The Balaban J connectivity index is 1.82. The number of rotatable bonds is 7. The van der Waals surface area contributed by atoms with E-state index in [0.717, 1.165) is 18.5 Å². The molecule has 1 aliphatic carbocycles. The molecular formula is C12H19N3O2S. The molecule has 1 fully saturated rings. The van der Waals surface area contributed by atoms with Crippen molar-refractivity contribution in [2.75, 3.05) is 12.3 Å². The van der Waals surface area contributed by atoms with Crippen LogP contribution in [0.25, 0.3) is 0 Å². The van der Waals surface area contributed by atoms with Crippen molar-refractivity contribution in [2.24, 2.45) is 0 Å². The first kappa shape index (κ1) is 13.5. The summed E-state index contributed by atoms with van der Waals surface area (Å²) in [5.41, 5.74) is 0.733. The van der Waals surface area contributed by atoms with Gasteiger partial charge < -0.3 is 5.32 Å². The predicted octanol–water partition coefficient (Wildman–Crippen LogP) is 0.814. The number of nitrogens with zero attached hydrogens (tertiary/aromatic N) is 1. The summed E-state index contributed by atoms with van der Waals surface area (Å²) in [6.07, 6.45) is 3.99. The van der Waals surface area contributed by atoms with Crippen LogP contribution in [0.5, 0.6) is 0 Å². The number of nitrogens with one attached hydrogen (secondary N) is 2. The molecule has 1 atom stereocenters. The van der Waals surface area contributed by atoms with Crippen molar-refractivity contribution < 1.29 is 8.42 Å². The Labute approximate surface area is 108 Å². The predicted molar refractivity (Wildman–Crippen MR) is 70.6 cm³/mol. The fourth-order valence-electron chi connectivity index (χ4n) is 1.71. The van der Waals surface area contributed by atoms with Gasteiger partial charge in [-0.15, -0.1) is 0 Å². The largest absolute Gasteiger partial charge is 0.313 e. The van der Waals surface area contributed by atoms with Crippen LogP contribution in [0.2, 0.25) is 0 Å². The van der Waals surface area contributed by atoms with E-state index in [-0.39, 0.29) is 11.8 Å². The fourth-order valence-corrected chi connectivity index (χ4v) is 2.87. The molecule has 1 aliphatic rings. The lowest BCUT2D eigenvalue weighted by Gasteiger charge is -2.13. The second kappa shape index (κ2) is 5.77. The minimum atomic E-state index is -3.25. The molecular weight excluding hydrogens is 250 g/mol. The van der Waals surface area contributed by atoms with Gasteiger partial charge in [-0.1, -0.05) is 6.07 Å². The molecule has 2 rings (SSSR count). The molecule has 100 valence electrons. The van der Waals surface area contributed by atoms with Gasteiger partial charge in [-0.2, -0.15) is 0 Å². The lowest BCUT2D eigenvalue weighted by Crippen LogP contribution is -2.34. The average Bonchev–Trinajstić information content (AvgIpc) is 3.13. The Morgan fingerprint density at radius 3 is 2.83 bits per heavy atom. The summed E-state index contributed by atoms with van der Waals surface area (Å²) in [7, 11) is -3.25. The van der Waals surface area contributed by atoms with Crippen LogP contribution < -0.4 is 10.0 Å². The van der Waals surface area contributed by atoms with Crippen LogP contribution in [-0.2, 0) is 10.0 Å². The number of hydrogen-bond acceptors (Lipinski definition) is 4. The van der Waals surface area contributed by atoms with Crippen molar-refractivity contribution in [1.29, 1.82) is 0 Å². The van der Waals surface area contributed by atoms with Gasteiger partial charge in [-0.05, 0) is 31.9 Å². The van der Waals surface area contributed by atoms with E-state index in [2.05, 4.69) is 15.0 Å². The molecule has 0 aliphatic heterocycles. The lowest BCUT2D eigenvalue weighted by atomic mass is 10.2. The summed E-state index contributed by atoms with van der Waals surface area (Å²) in [5.74, 6) is 0.112. The zero-order valence-corrected chi connectivity index (χ0v) is 11.3. The van der Waals surface area contributed by atoms with Gasteiger partial charge in [0.05, 0.1) is 17.5 Å². The van der Waals surface area contributed by atoms with Crippen molar-refractivity contribution in [2.45, 2.75) is 31.8 Å². The highest BCUT2D eigenvalue weighted by atomic mass is 32.2.